The van der Waals surface area contributed by atoms with E-state index in [2.05, 4.69) is 26.0 Å². The Balaban J connectivity index is 1.66. The SMILES string of the molecule is COc1ccc(C=Cc2nc(-c3ccccc3O)n(CC(=O)c3ccc(Br)cc3)n2)cc1. The highest BCUT2D eigenvalue weighted by Crippen LogP contribution is 2.28. The second kappa shape index (κ2) is 9.62. The van der Waals surface area contributed by atoms with E-state index in [1.54, 1.807) is 49.6 Å². The Morgan fingerprint density at radius 2 is 1.75 bits per heavy atom. The van der Waals surface area contributed by atoms with Crippen molar-refractivity contribution in [2.45, 2.75) is 6.54 Å². The minimum absolute atomic E-state index is 0.00528. The topological polar surface area (TPSA) is 77.2 Å². The number of halogens is 1. The second-order valence-corrected chi connectivity index (χ2v) is 7.92. The fraction of sp³-hybridized carbons (Fsp3) is 0.0800. The summed E-state index contributed by atoms with van der Waals surface area (Å²) in [6, 6.07) is 21.6. The lowest BCUT2D eigenvalue weighted by Crippen LogP contribution is -2.13. The molecule has 1 heterocycles. The van der Waals surface area contributed by atoms with E-state index in [-0.39, 0.29) is 18.1 Å². The molecule has 0 unspecified atom stereocenters. The molecule has 0 aliphatic rings. The number of Topliss-reactive ketones (excluding diaryl/α,β-unsaturated/α-hetero) is 1. The lowest BCUT2D eigenvalue weighted by molar-refractivity contribution is 0.0968. The predicted molar refractivity (Wildman–Crippen MR) is 128 cm³/mol. The first kappa shape index (κ1) is 21.5. The number of aromatic hydroxyl groups is 1. The van der Waals surface area contributed by atoms with Gasteiger partial charge in [0.1, 0.15) is 18.0 Å². The third-order valence-corrected chi connectivity index (χ3v) is 5.36. The van der Waals surface area contributed by atoms with Crippen LogP contribution >= 0.6 is 15.9 Å². The van der Waals surface area contributed by atoms with Gasteiger partial charge in [-0.25, -0.2) is 9.67 Å². The van der Waals surface area contributed by atoms with E-state index in [4.69, 9.17) is 4.74 Å². The Morgan fingerprint density at radius 1 is 1.03 bits per heavy atom. The number of phenols is 1. The van der Waals surface area contributed by atoms with Crippen molar-refractivity contribution < 1.29 is 14.6 Å². The molecular weight excluding hydrogens is 470 g/mol. The molecule has 7 heteroatoms. The van der Waals surface area contributed by atoms with Gasteiger partial charge in [-0.1, -0.05) is 58.4 Å². The van der Waals surface area contributed by atoms with Crippen LogP contribution in [-0.4, -0.2) is 32.8 Å². The van der Waals surface area contributed by atoms with Gasteiger partial charge in [-0.3, -0.25) is 4.79 Å². The number of carbonyl (C=O) groups is 1. The van der Waals surface area contributed by atoms with Crippen molar-refractivity contribution in [2.24, 2.45) is 0 Å². The van der Waals surface area contributed by atoms with Crippen LogP contribution in [0.25, 0.3) is 23.5 Å². The highest BCUT2D eigenvalue weighted by molar-refractivity contribution is 9.10. The van der Waals surface area contributed by atoms with Crippen LogP contribution in [0.3, 0.4) is 0 Å². The van der Waals surface area contributed by atoms with Crippen LogP contribution in [0.4, 0.5) is 0 Å². The Labute approximate surface area is 194 Å². The molecule has 4 aromatic rings. The molecule has 0 saturated heterocycles. The molecule has 0 fully saturated rings. The van der Waals surface area contributed by atoms with Crippen LogP contribution in [0.5, 0.6) is 11.5 Å². The number of nitrogens with zero attached hydrogens (tertiary/aromatic N) is 3. The maximum absolute atomic E-state index is 12.8. The fourth-order valence-electron chi connectivity index (χ4n) is 3.15. The first-order valence-corrected chi connectivity index (χ1v) is 10.7. The molecule has 0 saturated carbocycles. The van der Waals surface area contributed by atoms with Crippen LogP contribution in [0.1, 0.15) is 21.7 Å². The number of phenolic OH excluding ortho intramolecular Hbond substituents is 1. The van der Waals surface area contributed by atoms with Gasteiger partial charge in [0.25, 0.3) is 0 Å². The van der Waals surface area contributed by atoms with Gasteiger partial charge in [0.15, 0.2) is 17.4 Å². The summed E-state index contributed by atoms with van der Waals surface area (Å²) in [6.07, 6.45) is 3.65. The minimum Gasteiger partial charge on any atom is -0.507 e. The summed E-state index contributed by atoms with van der Waals surface area (Å²) >= 11 is 3.38. The van der Waals surface area contributed by atoms with Gasteiger partial charge in [0, 0.05) is 10.0 Å². The Hall–Kier alpha value is -3.71. The number of rotatable bonds is 7. The highest BCUT2D eigenvalue weighted by Gasteiger charge is 2.17. The average Bonchev–Trinajstić information content (AvgIpc) is 3.21. The van der Waals surface area contributed by atoms with E-state index < -0.39 is 0 Å². The molecular formula is C25H20BrN3O3. The number of ketones is 1. The van der Waals surface area contributed by atoms with Crippen molar-refractivity contribution >= 4 is 33.9 Å². The number of para-hydroxylation sites is 1. The number of hydrogen-bond acceptors (Lipinski definition) is 5. The van der Waals surface area contributed by atoms with Crippen LogP contribution in [0.15, 0.2) is 77.3 Å². The number of aromatic nitrogens is 3. The highest BCUT2D eigenvalue weighted by atomic mass is 79.9. The van der Waals surface area contributed by atoms with Gasteiger partial charge in [0.05, 0.1) is 12.7 Å². The summed E-state index contributed by atoms with van der Waals surface area (Å²) in [7, 11) is 1.62. The van der Waals surface area contributed by atoms with Gasteiger partial charge in [-0.05, 0) is 48.0 Å². The quantitative estimate of drug-likeness (QED) is 0.348. The molecule has 0 spiro atoms. The maximum Gasteiger partial charge on any atom is 0.184 e. The molecule has 0 amide bonds. The number of hydrogen-bond donors (Lipinski definition) is 1. The summed E-state index contributed by atoms with van der Waals surface area (Å²) in [6.45, 7) is -0.00528. The van der Waals surface area contributed by atoms with Gasteiger partial charge in [0.2, 0.25) is 0 Å². The number of ether oxygens (including phenoxy) is 1. The van der Waals surface area contributed by atoms with Crippen molar-refractivity contribution in [1.82, 2.24) is 14.8 Å². The molecule has 6 nitrogen and oxygen atoms in total. The lowest BCUT2D eigenvalue weighted by atomic mass is 10.1. The van der Waals surface area contributed by atoms with E-state index in [1.807, 2.05) is 42.5 Å². The number of benzene rings is 3. The summed E-state index contributed by atoms with van der Waals surface area (Å²) in [5, 5.41) is 14.8. The molecule has 1 N–H and O–H groups in total. The van der Waals surface area contributed by atoms with Crippen molar-refractivity contribution in [1.29, 1.82) is 0 Å². The minimum atomic E-state index is -0.107. The van der Waals surface area contributed by atoms with Crippen LogP contribution in [-0.2, 0) is 6.54 Å². The summed E-state index contributed by atoms with van der Waals surface area (Å²) in [4.78, 5) is 17.4. The third kappa shape index (κ3) is 4.95. The first-order valence-electron chi connectivity index (χ1n) is 9.87. The molecule has 0 atom stereocenters. The van der Waals surface area contributed by atoms with Gasteiger partial charge in [-0.15, -0.1) is 0 Å². The van der Waals surface area contributed by atoms with Crippen molar-refractivity contribution in [3.8, 4) is 22.9 Å². The summed E-state index contributed by atoms with van der Waals surface area (Å²) < 4.78 is 7.60. The van der Waals surface area contributed by atoms with Crippen LogP contribution < -0.4 is 4.74 Å². The van der Waals surface area contributed by atoms with Crippen molar-refractivity contribution in [3.05, 3.63) is 94.2 Å². The Bertz CT molecular complexity index is 1260. The molecule has 0 aliphatic heterocycles. The molecule has 0 bridgehead atoms. The molecule has 160 valence electrons. The molecule has 0 radical (unpaired) electrons. The first-order chi connectivity index (χ1) is 15.5. The Morgan fingerprint density at radius 3 is 2.44 bits per heavy atom. The van der Waals surface area contributed by atoms with Gasteiger partial charge >= 0.3 is 0 Å². The zero-order valence-corrected chi connectivity index (χ0v) is 18.9. The molecule has 32 heavy (non-hydrogen) atoms. The largest absolute Gasteiger partial charge is 0.507 e. The van der Waals surface area contributed by atoms with Crippen molar-refractivity contribution in [3.63, 3.8) is 0 Å². The molecule has 0 aliphatic carbocycles. The smallest absolute Gasteiger partial charge is 0.184 e. The molecule has 3 aromatic carbocycles. The van der Waals surface area contributed by atoms with Crippen LogP contribution in [0, 0.1) is 0 Å². The van der Waals surface area contributed by atoms with E-state index >= 15 is 0 Å². The Kier molecular flexibility index (Phi) is 6.47. The van der Waals surface area contributed by atoms with Crippen LogP contribution in [0.2, 0.25) is 0 Å². The number of carbonyl (C=O) groups excluding carboxylic acids is 1. The summed E-state index contributed by atoms with van der Waals surface area (Å²) in [5.41, 5.74) is 2.03. The summed E-state index contributed by atoms with van der Waals surface area (Å²) in [5.74, 6) is 1.59. The fourth-order valence-corrected chi connectivity index (χ4v) is 3.42. The van der Waals surface area contributed by atoms with E-state index in [9.17, 15) is 9.90 Å². The number of methoxy groups -OCH3 is 1. The van der Waals surface area contributed by atoms with E-state index in [1.165, 1.54) is 4.68 Å². The second-order valence-electron chi connectivity index (χ2n) is 7.00. The normalized spacial score (nSPS) is 11.1. The third-order valence-electron chi connectivity index (χ3n) is 4.83. The zero-order valence-electron chi connectivity index (χ0n) is 17.3. The van der Waals surface area contributed by atoms with E-state index in [0.717, 1.165) is 15.8 Å². The lowest BCUT2D eigenvalue weighted by Gasteiger charge is -2.07. The van der Waals surface area contributed by atoms with Gasteiger partial charge in [-0.2, -0.15) is 5.10 Å². The molecule has 4 rings (SSSR count). The monoisotopic (exact) mass is 489 g/mol. The van der Waals surface area contributed by atoms with Gasteiger partial charge < -0.3 is 9.84 Å². The average molecular weight is 490 g/mol. The maximum atomic E-state index is 12.8. The predicted octanol–water partition coefficient (Wildman–Crippen LogP) is 5.48. The standard InChI is InChI=1S/C25H20BrN3O3/c1-32-20-13-6-17(7-14-20)8-15-24-27-25(21-4-2-3-5-22(21)30)29(28-24)16-23(31)18-9-11-19(26)12-10-18/h2-15,30H,16H2,1H3. The molecule has 1 aromatic heterocycles. The van der Waals surface area contributed by atoms with Crippen molar-refractivity contribution in [2.75, 3.05) is 7.11 Å². The van der Waals surface area contributed by atoms with E-state index in [0.29, 0.717) is 22.8 Å². The zero-order chi connectivity index (χ0) is 22.5.